The van der Waals surface area contributed by atoms with Gasteiger partial charge in [-0.15, -0.1) is 0 Å². The second-order valence-corrected chi connectivity index (χ2v) is 3.61. The maximum Gasteiger partial charge on any atom is 0.266 e. The number of hydrogen-bond donors (Lipinski definition) is 1. The molecule has 0 aromatic carbocycles. The van der Waals surface area contributed by atoms with Gasteiger partial charge in [-0.05, 0) is 44.4 Å². The molecule has 1 aromatic heterocycles. The number of ether oxygens (including phenoxy) is 1. The zero-order chi connectivity index (χ0) is 10.6. The summed E-state index contributed by atoms with van der Waals surface area (Å²) in [5.74, 6) is 1.76. The van der Waals surface area contributed by atoms with Crippen LogP contribution in [0.5, 0.6) is 0 Å². The molecule has 2 rings (SSSR count). The van der Waals surface area contributed by atoms with Crippen molar-refractivity contribution in [1.29, 1.82) is 0 Å². The van der Waals surface area contributed by atoms with Crippen molar-refractivity contribution in [2.24, 2.45) is 0 Å². The van der Waals surface area contributed by atoms with Crippen molar-refractivity contribution in [3.05, 3.63) is 28.6 Å². The molecule has 14 heavy (non-hydrogen) atoms. The molecule has 0 aliphatic carbocycles. The number of allylic oxidation sites excluding steroid dienone is 1. The molecule has 3 nitrogen and oxygen atoms in total. The fourth-order valence-electron chi connectivity index (χ4n) is 0.856. The lowest BCUT2D eigenvalue weighted by Crippen LogP contribution is -1.86. The Balaban J connectivity index is 0.000000140. The molecule has 1 N–H and O–H groups in total. The third-order valence-corrected chi connectivity index (χ3v) is 1.93. The monoisotopic (exact) mass is 229 g/mol. The first-order valence-corrected chi connectivity index (χ1v) is 4.92. The van der Waals surface area contributed by atoms with Crippen LogP contribution in [-0.2, 0) is 4.74 Å². The summed E-state index contributed by atoms with van der Waals surface area (Å²) in [6.45, 7) is 3.74. The predicted molar refractivity (Wildman–Crippen MR) is 60.7 cm³/mol. The minimum Gasteiger partial charge on any atom is -0.455 e. The molecule has 0 saturated carbocycles. The van der Waals surface area contributed by atoms with Crippen LogP contribution in [0.4, 0.5) is 0 Å². The molecule has 0 fully saturated rings. The first-order valence-electron chi connectivity index (χ1n) is 4.10. The third kappa shape index (κ3) is 3.85. The molecule has 1 aliphatic rings. The molecule has 5 heteroatoms. The number of aryl methyl sites for hydroxylation is 1. The van der Waals surface area contributed by atoms with Gasteiger partial charge in [-0.1, -0.05) is 0 Å². The van der Waals surface area contributed by atoms with E-state index in [-0.39, 0.29) is 0 Å². The van der Waals surface area contributed by atoms with E-state index in [2.05, 4.69) is 17.2 Å². The van der Waals surface area contributed by atoms with E-state index < -0.39 is 0 Å². The molecular weight excluding hydrogens is 218 g/mol. The molecule has 0 spiro atoms. The Labute approximate surface area is 92.8 Å². The van der Waals surface area contributed by atoms with E-state index in [0.29, 0.717) is 9.89 Å². The average molecular weight is 229 g/mol. The van der Waals surface area contributed by atoms with E-state index in [1.807, 2.05) is 19.9 Å². The summed E-state index contributed by atoms with van der Waals surface area (Å²) >= 11 is 9.33. The standard InChI is InChI=1S/C5H6OS.C4H5NOS/c1-4-2-3-5(7)6-4;1-3-2-5-4(7)6-3/h2H,3H2,1H3;2H,1H3,(H,5,7). The zero-order valence-electron chi connectivity index (χ0n) is 7.99. The van der Waals surface area contributed by atoms with Crippen molar-refractivity contribution >= 4 is 29.5 Å². The molecule has 2 heterocycles. The average Bonchev–Trinajstić information content (AvgIpc) is 2.63. The van der Waals surface area contributed by atoms with E-state index in [1.54, 1.807) is 6.20 Å². The van der Waals surface area contributed by atoms with Gasteiger partial charge in [0.05, 0.1) is 5.76 Å². The van der Waals surface area contributed by atoms with E-state index in [9.17, 15) is 0 Å². The van der Waals surface area contributed by atoms with Crippen LogP contribution in [0.1, 0.15) is 19.1 Å². The summed E-state index contributed by atoms with van der Waals surface area (Å²) < 4.78 is 9.80. The van der Waals surface area contributed by atoms with Crippen molar-refractivity contribution in [2.45, 2.75) is 20.3 Å². The van der Waals surface area contributed by atoms with Crippen molar-refractivity contribution < 1.29 is 9.15 Å². The Bertz CT molecular complexity index is 403. The number of hydrogen-bond acceptors (Lipinski definition) is 4. The van der Waals surface area contributed by atoms with Crippen LogP contribution in [-0.4, -0.2) is 10.0 Å². The van der Waals surface area contributed by atoms with Gasteiger partial charge in [-0.2, -0.15) is 0 Å². The summed E-state index contributed by atoms with van der Waals surface area (Å²) in [6, 6.07) is 0. The SMILES string of the molecule is CC1=CCC(=S)O1.Cc1c[nH]c(=S)o1. The van der Waals surface area contributed by atoms with Crippen LogP contribution < -0.4 is 0 Å². The van der Waals surface area contributed by atoms with Crippen molar-refractivity contribution in [1.82, 2.24) is 4.98 Å². The number of aromatic amines is 1. The highest BCUT2D eigenvalue weighted by Gasteiger charge is 2.03. The number of nitrogens with one attached hydrogen (secondary N) is 1. The van der Waals surface area contributed by atoms with Gasteiger partial charge in [0.2, 0.25) is 0 Å². The zero-order valence-corrected chi connectivity index (χ0v) is 9.63. The molecule has 0 bridgehead atoms. The summed E-state index contributed by atoms with van der Waals surface area (Å²) in [5.41, 5.74) is 0. The highest BCUT2D eigenvalue weighted by atomic mass is 32.1. The molecule has 76 valence electrons. The van der Waals surface area contributed by atoms with Crippen LogP contribution in [0.25, 0.3) is 0 Å². The molecule has 1 aliphatic heterocycles. The maximum atomic E-state index is 4.95. The fraction of sp³-hybridized carbons (Fsp3) is 0.333. The van der Waals surface area contributed by atoms with Gasteiger partial charge in [-0.3, -0.25) is 0 Å². The van der Waals surface area contributed by atoms with Crippen molar-refractivity contribution in [3.8, 4) is 0 Å². The largest absolute Gasteiger partial charge is 0.455 e. The van der Waals surface area contributed by atoms with Gasteiger partial charge in [0, 0.05) is 12.6 Å². The van der Waals surface area contributed by atoms with Gasteiger partial charge in [0.25, 0.3) is 4.84 Å². The van der Waals surface area contributed by atoms with E-state index in [0.717, 1.165) is 17.9 Å². The Morgan fingerprint density at radius 1 is 1.36 bits per heavy atom. The lowest BCUT2D eigenvalue weighted by Gasteiger charge is -1.91. The summed E-state index contributed by atoms with van der Waals surface area (Å²) in [7, 11) is 0. The van der Waals surface area contributed by atoms with E-state index in [4.69, 9.17) is 21.4 Å². The summed E-state index contributed by atoms with van der Waals surface area (Å²) in [5, 5.41) is 0.692. The first-order chi connectivity index (χ1) is 6.58. The minimum absolute atomic E-state index is 0.442. The number of thiocarbonyl (C=S) groups is 1. The molecule has 0 radical (unpaired) electrons. The Morgan fingerprint density at radius 3 is 2.21 bits per heavy atom. The van der Waals surface area contributed by atoms with Crippen LogP contribution >= 0.6 is 24.4 Å². The second-order valence-electron chi connectivity index (χ2n) is 2.78. The lowest BCUT2D eigenvalue weighted by molar-refractivity contribution is 0.440. The van der Waals surface area contributed by atoms with Crippen molar-refractivity contribution in [3.63, 3.8) is 0 Å². The van der Waals surface area contributed by atoms with Crippen LogP contribution in [0, 0.1) is 11.8 Å². The van der Waals surface area contributed by atoms with Gasteiger partial charge in [0.1, 0.15) is 5.76 Å². The van der Waals surface area contributed by atoms with E-state index in [1.165, 1.54) is 0 Å². The summed E-state index contributed by atoms with van der Waals surface area (Å²) in [4.78, 5) is 3.16. The maximum absolute atomic E-state index is 4.95. The Hall–Kier alpha value is -0.940. The van der Waals surface area contributed by atoms with Crippen LogP contribution in [0.3, 0.4) is 0 Å². The number of H-pyrrole nitrogens is 1. The molecular formula is C9H11NO2S2. The van der Waals surface area contributed by atoms with Crippen molar-refractivity contribution in [2.75, 3.05) is 0 Å². The smallest absolute Gasteiger partial charge is 0.266 e. The molecule has 0 atom stereocenters. The van der Waals surface area contributed by atoms with Gasteiger partial charge in [-0.25, -0.2) is 0 Å². The minimum atomic E-state index is 0.442. The lowest BCUT2D eigenvalue weighted by atomic mass is 10.4. The predicted octanol–water partition coefficient (Wildman–Crippen LogP) is 3.28. The van der Waals surface area contributed by atoms with Gasteiger partial charge < -0.3 is 14.1 Å². The summed E-state index contributed by atoms with van der Waals surface area (Å²) in [6.07, 6.45) is 4.52. The molecule has 0 amide bonds. The topological polar surface area (TPSA) is 38.2 Å². The highest BCUT2D eigenvalue weighted by molar-refractivity contribution is 7.80. The van der Waals surface area contributed by atoms with Crippen LogP contribution in [0.2, 0.25) is 0 Å². The molecule has 1 aromatic rings. The number of aromatic nitrogens is 1. The van der Waals surface area contributed by atoms with E-state index >= 15 is 0 Å². The number of rotatable bonds is 0. The first kappa shape index (κ1) is 11.1. The fourth-order valence-corrected chi connectivity index (χ4v) is 1.26. The highest BCUT2D eigenvalue weighted by Crippen LogP contribution is 2.09. The molecule has 0 unspecified atom stereocenters. The Kier molecular flexibility index (Phi) is 4.03. The van der Waals surface area contributed by atoms with Gasteiger partial charge in [0.15, 0.2) is 5.05 Å². The normalized spacial score (nSPS) is 14.1. The number of oxazole rings is 1. The second kappa shape index (κ2) is 5.07. The van der Waals surface area contributed by atoms with Gasteiger partial charge >= 0.3 is 0 Å². The Morgan fingerprint density at radius 2 is 2.07 bits per heavy atom. The quantitative estimate of drug-likeness (QED) is 0.693. The molecule has 0 saturated heterocycles. The van der Waals surface area contributed by atoms with Crippen LogP contribution in [0.15, 0.2) is 22.4 Å². The third-order valence-electron chi connectivity index (χ3n) is 1.48.